The fourth-order valence-corrected chi connectivity index (χ4v) is 3.38. The van der Waals surface area contributed by atoms with Crippen molar-refractivity contribution in [1.29, 1.82) is 0 Å². The van der Waals surface area contributed by atoms with Gasteiger partial charge in [0.05, 0.1) is 13.0 Å². The maximum atomic E-state index is 11.2. The number of ether oxygens (including phenoxy) is 1. The van der Waals surface area contributed by atoms with Gasteiger partial charge in [-0.25, -0.2) is 0 Å². The number of oxime groups is 1. The van der Waals surface area contributed by atoms with E-state index >= 15 is 0 Å². The monoisotopic (exact) mass is 382 g/mol. The highest BCUT2D eigenvalue weighted by molar-refractivity contribution is 6.12. The second-order valence-corrected chi connectivity index (χ2v) is 6.85. The number of aliphatic carboxylic acids is 1. The van der Waals surface area contributed by atoms with E-state index in [1.807, 2.05) is 54.6 Å². The van der Waals surface area contributed by atoms with Crippen LogP contribution in [0.15, 0.2) is 59.8 Å². The maximum absolute atomic E-state index is 11.2. The maximum Gasteiger partial charge on any atom is 0.307 e. The summed E-state index contributed by atoms with van der Waals surface area (Å²) in [5.74, 6) is -0.240. The number of methoxy groups -OCH3 is 1. The van der Waals surface area contributed by atoms with Crippen molar-refractivity contribution in [3.8, 4) is 5.75 Å². The second kappa shape index (κ2) is 9.90. The lowest BCUT2D eigenvalue weighted by Crippen LogP contribution is -2.40. The van der Waals surface area contributed by atoms with E-state index in [2.05, 4.69) is 10.1 Å². The number of rotatable bonds is 8. The highest BCUT2D eigenvalue weighted by Crippen LogP contribution is 2.18. The van der Waals surface area contributed by atoms with E-state index in [0.29, 0.717) is 19.7 Å². The van der Waals surface area contributed by atoms with Gasteiger partial charge < -0.3 is 14.7 Å². The molecule has 1 aliphatic rings. The molecule has 0 spiro atoms. The molecule has 6 nitrogen and oxygen atoms in total. The highest BCUT2D eigenvalue weighted by Gasteiger charge is 2.25. The molecule has 1 fully saturated rings. The molecular weight excluding hydrogens is 356 g/mol. The first-order valence-corrected chi connectivity index (χ1v) is 9.52. The van der Waals surface area contributed by atoms with E-state index < -0.39 is 5.97 Å². The Hall–Kier alpha value is -2.86. The normalized spacial score (nSPS) is 17.9. The Kier molecular flexibility index (Phi) is 7.03. The molecule has 1 atom stereocenters. The van der Waals surface area contributed by atoms with E-state index in [0.717, 1.165) is 42.0 Å². The van der Waals surface area contributed by atoms with Crippen LogP contribution in [0.3, 0.4) is 0 Å². The van der Waals surface area contributed by atoms with Crippen LogP contribution < -0.4 is 4.74 Å². The van der Waals surface area contributed by atoms with Gasteiger partial charge in [0.2, 0.25) is 0 Å². The van der Waals surface area contributed by atoms with E-state index in [4.69, 9.17) is 9.57 Å². The Labute approximate surface area is 165 Å². The molecule has 0 aliphatic carbocycles. The average Bonchev–Trinajstić information content (AvgIpc) is 2.74. The molecule has 3 rings (SSSR count). The first-order chi connectivity index (χ1) is 13.7. The summed E-state index contributed by atoms with van der Waals surface area (Å²) < 4.78 is 5.32. The van der Waals surface area contributed by atoms with Gasteiger partial charge in [0.15, 0.2) is 0 Å². The molecule has 0 radical (unpaired) electrons. The number of carbonyl (C=O) groups is 1. The molecule has 1 N–H and O–H groups in total. The Bertz CT molecular complexity index is 807. The molecular formula is C22H26N2O4. The van der Waals surface area contributed by atoms with Gasteiger partial charge in [0.25, 0.3) is 0 Å². The third-order valence-electron chi connectivity index (χ3n) is 4.90. The Balaban J connectivity index is 1.67. The van der Waals surface area contributed by atoms with E-state index in [9.17, 15) is 9.90 Å². The van der Waals surface area contributed by atoms with E-state index in [-0.39, 0.29) is 5.92 Å². The zero-order chi connectivity index (χ0) is 19.8. The number of hydrogen-bond acceptors (Lipinski definition) is 5. The van der Waals surface area contributed by atoms with Crippen molar-refractivity contribution in [2.45, 2.75) is 12.8 Å². The first kappa shape index (κ1) is 19.9. The summed E-state index contributed by atoms with van der Waals surface area (Å²) in [5.41, 5.74) is 2.61. The van der Waals surface area contributed by atoms with Crippen molar-refractivity contribution in [2.24, 2.45) is 11.1 Å². The van der Waals surface area contributed by atoms with Gasteiger partial charge in [-0.3, -0.25) is 9.69 Å². The van der Waals surface area contributed by atoms with Crippen molar-refractivity contribution < 1.29 is 19.5 Å². The standard InChI is InChI=1S/C22H26N2O4/c1-27-20-11-5-9-18(15-20)21(17-7-3-2-4-8-17)23-28-14-13-24-12-6-10-19(16-24)22(25)26/h2-5,7-9,11,15,19H,6,10,12-14,16H2,1H3,(H,25,26)/b23-21+/t19-/m1/s1. The smallest absolute Gasteiger partial charge is 0.307 e. The van der Waals surface area contributed by atoms with Crippen molar-refractivity contribution in [3.63, 3.8) is 0 Å². The lowest BCUT2D eigenvalue weighted by molar-refractivity contribution is -0.143. The minimum absolute atomic E-state index is 0.283. The van der Waals surface area contributed by atoms with Gasteiger partial charge >= 0.3 is 5.97 Å². The third kappa shape index (κ3) is 5.33. The van der Waals surface area contributed by atoms with Crippen LogP contribution in [0.1, 0.15) is 24.0 Å². The predicted octanol–water partition coefficient (Wildman–Crippen LogP) is 3.26. The molecule has 2 aromatic rings. The molecule has 1 saturated heterocycles. The summed E-state index contributed by atoms with van der Waals surface area (Å²) in [7, 11) is 1.64. The largest absolute Gasteiger partial charge is 0.497 e. The molecule has 2 aromatic carbocycles. The van der Waals surface area contributed by atoms with Crippen molar-refractivity contribution >= 4 is 11.7 Å². The molecule has 0 bridgehead atoms. The van der Waals surface area contributed by atoms with Crippen molar-refractivity contribution in [1.82, 2.24) is 4.90 Å². The number of likely N-dealkylation sites (tertiary alicyclic amines) is 1. The van der Waals surface area contributed by atoms with Gasteiger partial charge in [-0.1, -0.05) is 47.6 Å². The molecule has 28 heavy (non-hydrogen) atoms. The van der Waals surface area contributed by atoms with Crippen LogP contribution in [0.4, 0.5) is 0 Å². The summed E-state index contributed by atoms with van der Waals surface area (Å²) in [4.78, 5) is 19.0. The molecule has 1 heterocycles. The third-order valence-corrected chi connectivity index (χ3v) is 4.90. The number of piperidine rings is 1. The lowest BCUT2D eigenvalue weighted by Gasteiger charge is -2.29. The number of hydrogen-bond donors (Lipinski definition) is 1. The molecule has 148 valence electrons. The van der Waals surface area contributed by atoms with Crippen LogP contribution in [0.2, 0.25) is 0 Å². The summed E-state index contributed by atoms with van der Waals surface area (Å²) in [5, 5.41) is 13.6. The molecule has 0 unspecified atom stereocenters. The first-order valence-electron chi connectivity index (χ1n) is 9.52. The van der Waals surface area contributed by atoms with Crippen LogP contribution in [0.5, 0.6) is 5.75 Å². The van der Waals surface area contributed by atoms with Crippen LogP contribution in [0.25, 0.3) is 0 Å². The summed E-state index contributed by atoms with van der Waals surface area (Å²) >= 11 is 0. The number of nitrogens with zero attached hydrogens (tertiary/aromatic N) is 2. The quantitative estimate of drug-likeness (QED) is 0.431. The Morgan fingerprint density at radius 3 is 2.71 bits per heavy atom. The number of benzene rings is 2. The molecule has 0 aromatic heterocycles. The van der Waals surface area contributed by atoms with Crippen LogP contribution in [-0.2, 0) is 9.63 Å². The van der Waals surface area contributed by atoms with Gasteiger partial charge in [-0.15, -0.1) is 0 Å². The molecule has 6 heteroatoms. The van der Waals surface area contributed by atoms with Crippen molar-refractivity contribution in [3.05, 3.63) is 65.7 Å². The van der Waals surface area contributed by atoms with Gasteiger partial charge in [-0.2, -0.15) is 0 Å². The average molecular weight is 382 g/mol. The highest BCUT2D eigenvalue weighted by atomic mass is 16.6. The SMILES string of the molecule is COc1cccc(/C(=N/OCCN2CCC[C@@H](C(=O)O)C2)c2ccccc2)c1. The zero-order valence-electron chi connectivity index (χ0n) is 16.1. The molecule has 0 saturated carbocycles. The van der Waals surface area contributed by atoms with Gasteiger partial charge in [0.1, 0.15) is 18.1 Å². The second-order valence-electron chi connectivity index (χ2n) is 6.85. The van der Waals surface area contributed by atoms with Gasteiger partial charge in [0, 0.05) is 24.2 Å². The summed E-state index contributed by atoms with van der Waals surface area (Å²) in [6.07, 6.45) is 1.65. The van der Waals surface area contributed by atoms with Crippen LogP contribution >= 0.6 is 0 Å². The van der Waals surface area contributed by atoms with Crippen LogP contribution in [0, 0.1) is 5.92 Å². The summed E-state index contributed by atoms with van der Waals surface area (Å²) in [6.45, 7) is 2.54. The fraction of sp³-hybridized carbons (Fsp3) is 0.364. The fourth-order valence-electron chi connectivity index (χ4n) is 3.38. The van der Waals surface area contributed by atoms with Crippen molar-refractivity contribution in [2.75, 3.05) is 33.4 Å². The molecule has 0 amide bonds. The summed E-state index contributed by atoms with van der Waals surface area (Å²) in [6, 6.07) is 17.6. The lowest BCUT2D eigenvalue weighted by atomic mass is 9.98. The molecule has 1 aliphatic heterocycles. The minimum Gasteiger partial charge on any atom is -0.497 e. The van der Waals surface area contributed by atoms with Gasteiger partial charge in [-0.05, 0) is 31.5 Å². The number of carboxylic acids is 1. The zero-order valence-corrected chi connectivity index (χ0v) is 16.1. The predicted molar refractivity (Wildman–Crippen MR) is 108 cm³/mol. The Morgan fingerprint density at radius 1 is 1.18 bits per heavy atom. The topological polar surface area (TPSA) is 71.4 Å². The van der Waals surface area contributed by atoms with E-state index in [1.165, 1.54) is 0 Å². The van der Waals surface area contributed by atoms with E-state index in [1.54, 1.807) is 7.11 Å². The van der Waals surface area contributed by atoms with Crippen LogP contribution in [-0.4, -0.2) is 55.0 Å². The number of carboxylic acid groups (broad SMARTS) is 1. The minimum atomic E-state index is -0.715. The Morgan fingerprint density at radius 2 is 1.96 bits per heavy atom.